The lowest BCUT2D eigenvalue weighted by Gasteiger charge is -2.06. The van der Waals surface area contributed by atoms with Gasteiger partial charge in [-0.25, -0.2) is 4.79 Å². The van der Waals surface area contributed by atoms with Crippen molar-refractivity contribution < 1.29 is 4.79 Å². The topological polar surface area (TPSA) is 52.0 Å². The number of hydrogen-bond acceptors (Lipinski definition) is 3. The molecule has 0 amide bonds. The lowest BCUT2D eigenvalue weighted by molar-refractivity contribution is -0.117. The van der Waals surface area contributed by atoms with Crippen molar-refractivity contribution in [3.05, 3.63) is 27.9 Å². The van der Waals surface area contributed by atoms with Gasteiger partial charge in [0.1, 0.15) is 5.78 Å². The maximum absolute atomic E-state index is 11.3. The minimum absolute atomic E-state index is 0.0455. The minimum atomic E-state index is -0.354. The van der Waals surface area contributed by atoms with Crippen molar-refractivity contribution in [2.75, 3.05) is 0 Å². The number of ketones is 1. The minimum Gasteiger partial charge on any atom is -0.298 e. The molecule has 70 valence electrons. The highest BCUT2D eigenvalue weighted by atomic mass is 16.1. The highest BCUT2D eigenvalue weighted by Crippen LogP contribution is 1.96. The van der Waals surface area contributed by atoms with E-state index in [4.69, 9.17) is 0 Å². The van der Waals surface area contributed by atoms with E-state index < -0.39 is 0 Å². The van der Waals surface area contributed by atoms with Crippen LogP contribution in [0.25, 0.3) is 0 Å². The van der Waals surface area contributed by atoms with Crippen molar-refractivity contribution in [3.63, 3.8) is 0 Å². The lowest BCUT2D eigenvalue weighted by atomic mass is 10.3. The predicted molar refractivity (Wildman–Crippen MR) is 48.7 cm³/mol. The van der Waals surface area contributed by atoms with Gasteiger partial charge in [0, 0.05) is 11.4 Å². The van der Waals surface area contributed by atoms with Crippen LogP contribution >= 0.6 is 0 Å². The number of carbonyl (C=O) groups is 1. The second-order valence-corrected chi connectivity index (χ2v) is 3.11. The maximum Gasteiger partial charge on any atom is 0.348 e. The number of nitrogens with zero attached hydrogens (tertiary/aromatic N) is 2. The SMILES string of the molecule is CC(=O)Cn1c(C)cc(C)nc1=O. The van der Waals surface area contributed by atoms with Gasteiger partial charge < -0.3 is 0 Å². The fraction of sp³-hybridized carbons (Fsp3) is 0.444. The number of Topliss-reactive ketones (excluding diaryl/α,β-unsaturated/α-hetero) is 1. The van der Waals surface area contributed by atoms with E-state index in [9.17, 15) is 9.59 Å². The monoisotopic (exact) mass is 180 g/mol. The van der Waals surface area contributed by atoms with Gasteiger partial charge in [-0.05, 0) is 26.8 Å². The Morgan fingerprint density at radius 1 is 1.54 bits per heavy atom. The summed E-state index contributed by atoms with van der Waals surface area (Å²) in [6.07, 6.45) is 0. The molecule has 0 radical (unpaired) electrons. The molecule has 1 aromatic heterocycles. The lowest BCUT2D eigenvalue weighted by Crippen LogP contribution is -2.27. The van der Waals surface area contributed by atoms with E-state index in [2.05, 4.69) is 4.98 Å². The molecule has 0 saturated heterocycles. The van der Waals surface area contributed by atoms with Gasteiger partial charge in [0.2, 0.25) is 0 Å². The van der Waals surface area contributed by atoms with Crippen LogP contribution in [0.15, 0.2) is 10.9 Å². The summed E-state index contributed by atoms with van der Waals surface area (Å²) in [4.78, 5) is 25.9. The molecule has 4 nitrogen and oxygen atoms in total. The van der Waals surface area contributed by atoms with Crippen LogP contribution in [-0.2, 0) is 11.3 Å². The van der Waals surface area contributed by atoms with Crippen LogP contribution in [0.4, 0.5) is 0 Å². The second kappa shape index (κ2) is 3.51. The smallest absolute Gasteiger partial charge is 0.298 e. The molecule has 0 unspecified atom stereocenters. The van der Waals surface area contributed by atoms with Crippen LogP contribution in [0.1, 0.15) is 18.3 Å². The highest BCUT2D eigenvalue weighted by Gasteiger charge is 2.04. The Kier molecular flexibility index (Phi) is 2.60. The molecule has 13 heavy (non-hydrogen) atoms. The van der Waals surface area contributed by atoms with Gasteiger partial charge >= 0.3 is 5.69 Å². The van der Waals surface area contributed by atoms with Crippen molar-refractivity contribution in [2.24, 2.45) is 0 Å². The van der Waals surface area contributed by atoms with E-state index in [-0.39, 0.29) is 18.0 Å². The average Bonchev–Trinajstić information content (AvgIpc) is 1.96. The largest absolute Gasteiger partial charge is 0.348 e. The van der Waals surface area contributed by atoms with Crippen molar-refractivity contribution in [1.29, 1.82) is 0 Å². The summed E-state index contributed by atoms with van der Waals surface area (Å²) in [5.41, 5.74) is 1.10. The molecular weight excluding hydrogens is 168 g/mol. The number of carbonyl (C=O) groups excluding carboxylic acids is 1. The van der Waals surface area contributed by atoms with Gasteiger partial charge in [0.05, 0.1) is 6.54 Å². The molecule has 4 heteroatoms. The Bertz CT molecular complexity index is 393. The molecule has 1 heterocycles. The van der Waals surface area contributed by atoms with Gasteiger partial charge in [0.25, 0.3) is 0 Å². The first-order valence-electron chi connectivity index (χ1n) is 4.05. The number of hydrogen-bond donors (Lipinski definition) is 0. The quantitative estimate of drug-likeness (QED) is 0.664. The van der Waals surface area contributed by atoms with Crippen molar-refractivity contribution in [1.82, 2.24) is 9.55 Å². The summed E-state index contributed by atoms with van der Waals surface area (Å²) >= 11 is 0. The molecule has 1 aromatic rings. The molecular formula is C9H12N2O2. The van der Waals surface area contributed by atoms with Crippen molar-refractivity contribution in [3.8, 4) is 0 Å². The van der Waals surface area contributed by atoms with E-state index in [0.717, 1.165) is 5.69 Å². The fourth-order valence-corrected chi connectivity index (χ4v) is 1.19. The Hall–Kier alpha value is -1.45. The van der Waals surface area contributed by atoms with Gasteiger partial charge in [-0.3, -0.25) is 9.36 Å². The number of rotatable bonds is 2. The first-order valence-corrected chi connectivity index (χ1v) is 4.05. The molecule has 0 aliphatic rings. The van der Waals surface area contributed by atoms with Crippen LogP contribution < -0.4 is 5.69 Å². The molecule has 0 aliphatic carbocycles. The van der Waals surface area contributed by atoms with Crippen LogP contribution in [0.2, 0.25) is 0 Å². The van der Waals surface area contributed by atoms with E-state index in [0.29, 0.717) is 5.69 Å². The first kappa shape index (κ1) is 9.64. The van der Waals surface area contributed by atoms with Crippen molar-refractivity contribution >= 4 is 5.78 Å². The summed E-state index contributed by atoms with van der Waals surface area (Å²) in [6.45, 7) is 5.11. The number of aromatic nitrogens is 2. The third-order valence-electron chi connectivity index (χ3n) is 1.73. The standard InChI is InChI=1S/C9H12N2O2/c1-6-4-7(2)11(5-8(3)12)9(13)10-6/h4H,5H2,1-3H3. The number of aryl methyl sites for hydroxylation is 2. The summed E-state index contributed by atoms with van der Waals surface area (Å²) in [5.74, 6) is -0.0455. The second-order valence-electron chi connectivity index (χ2n) is 3.11. The Morgan fingerprint density at radius 3 is 2.62 bits per heavy atom. The summed E-state index contributed by atoms with van der Waals surface area (Å²) in [5, 5.41) is 0. The summed E-state index contributed by atoms with van der Waals surface area (Å²) in [6, 6.07) is 1.78. The highest BCUT2D eigenvalue weighted by molar-refractivity contribution is 5.75. The third kappa shape index (κ3) is 2.24. The zero-order chi connectivity index (χ0) is 10.0. The molecule has 0 N–H and O–H groups in total. The molecule has 0 fully saturated rings. The van der Waals surface area contributed by atoms with E-state index in [1.165, 1.54) is 11.5 Å². The molecule has 0 bridgehead atoms. The molecule has 1 rings (SSSR count). The fourth-order valence-electron chi connectivity index (χ4n) is 1.19. The molecule has 0 aliphatic heterocycles. The average molecular weight is 180 g/mol. The van der Waals surface area contributed by atoms with Crippen LogP contribution in [0.5, 0.6) is 0 Å². The van der Waals surface area contributed by atoms with Gasteiger partial charge in [-0.1, -0.05) is 0 Å². The van der Waals surface area contributed by atoms with E-state index in [1.807, 2.05) is 0 Å². The Balaban J connectivity index is 3.21. The zero-order valence-corrected chi connectivity index (χ0v) is 8.00. The summed E-state index contributed by atoms with van der Waals surface area (Å²) < 4.78 is 1.37. The van der Waals surface area contributed by atoms with E-state index >= 15 is 0 Å². The van der Waals surface area contributed by atoms with Crippen LogP contribution in [0.3, 0.4) is 0 Å². The van der Waals surface area contributed by atoms with Crippen molar-refractivity contribution in [2.45, 2.75) is 27.3 Å². The van der Waals surface area contributed by atoms with E-state index in [1.54, 1.807) is 19.9 Å². The Morgan fingerprint density at radius 2 is 2.15 bits per heavy atom. The first-order chi connectivity index (χ1) is 6.00. The predicted octanol–water partition coefficient (Wildman–Crippen LogP) is 0.449. The maximum atomic E-state index is 11.3. The normalized spacial score (nSPS) is 10.1. The van der Waals surface area contributed by atoms with Gasteiger partial charge in [0.15, 0.2) is 0 Å². The molecule has 0 aromatic carbocycles. The van der Waals surface area contributed by atoms with Gasteiger partial charge in [-0.2, -0.15) is 4.98 Å². The molecule has 0 spiro atoms. The zero-order valence-electron chi connectivity index (χ0n) is 8.00. The van der Waals surface area contributed by atoms with Crippen LogP contribution in [0, 0.1) is 13.8 Å². The summed E-state index contributed by atoms with van der Waals surface area (Å²) in [7, 11) is 0. The third-order valence-corrected chi connectivity index (χ3v) is 1.73. The van der Waals surface area contributed by atoms with Crippen LogP contribution in [-0.4, -0.2) is 15.3 Å². The molecule has 0 saturated carbocycles. The molecule has 0 atom stereocenters. The van der Waals surface area contributed by atoms with Gasteiger partial charge in [-0.15, -0.1) is 0 Å². The Labute approximate surface area is 76.2 Å².